The summed E-state index contributed by atoms with van der Waals surface area (Å²) in [5, 5.41) is 3.55. The third-order valence-corrected chi connectivity index (χ3v) is 9.06. The zero-order chi connectivity index (χ0) is 29.6. The number of ketones is 1. The standard InChI is InChI=1S/C32H36BrNO6S/c1-32(2,3)40-24(35)19-39-28-25(33)29(41-30(28)31(37)38-4)22-16-11-17-23(18-22)34-26(20-12-7-5-8-13-20)27(36)21-14-9-6-10-15-21/h6,9-11,14-18,20,26,34H,5,7-8,12-13,19H2,1-4H3. The van der Waals surface area contributed by atoms with Gasteiger partial charge in [0.15, 0.2) is 23.0 Å². The number of benzene rings is 2. The van der Waals surface area contributed by atoms with Crippen molar-refractivity contribution in [2.45, 2.75) is 64.5 Å². The fourth-order valence-electron chi connectivity index (χ4n) is 5.02. The normalized spacial score (nSPS) is 14.7. The maximum absolute atomic E-state index is 13.7. The van der Waals surface area contributed by atoms with Crippen molar-refractivity contribution < 1.29 is 28.6 Å². The van der Waals surface area contributed by atoms with E-state index in [1.807, 2.05) is 54.6 Å². The van der Waals surface area contributed by atoms with Crippen molar-refractivity contribution in [3.8, 4) is 16.2 Å². The van der Waals surface area contributed by atoms with Crippen LogP contribution in [0, 0.1) is 5.92 Å². The molecule has 0 amide bonds. The van der Waals surface area contributed by atoms with Crippen molar-refractivity contribution in [2.75, 3.05) is 19.0 Å². The average Bonchev–Trinajstić information content (AvgIpc) is 3.30. The number of ether oxygens (including phenoxy) is 3. The molecule has 7 nitrogen and oxygen atoms in total. The van der Waals surface area contributed by atoms with E-state index in [2.05, 4.69) is 21.2 Å². The number of methoxy groups -OCH3 is 1. The number of anilines is 1. The van der Waals surface area contributed by atoms with E-state index in [1.54, 1.807) is 20.8 Å². The summed E-state index contributed by atoms with van der Waals surface area (Å²) >= 11 is 4.79. The molecule has 1 aliphatic carbocycles. The van der Waals surface area contributed by atoms with Crippen LogP contribution in [0.15, 0.2) is 59.1 Å². The first-order valence-electron chi connectivity index (χ1n) is 13.8. The van der Waals surface area contributed by atoms with E-state index in [-0.39, 0.29) is 35.0 Å². The average molecular weight is 643 g/mol. The predicted molar refractivity (Wildman–Crippen MR) is 165 cm³/mol. The summed E-state index contributed by atoms with van der Waals surface area (Å²) in [6.45, 7) is 4.96. The quantitative estimate of drug-likeness (QED) is 0.177. The summed E-state index contributed by atoms with van der Waals surface area (Å²) in [6.07, 6.45) is 5.46. The van der Waals surface area contributed by atoms with Gasteiger partial charge >= 0.3 is 11.9 Å². The van der Waals surface area contributed by atoms with E-state index >= 15 is 0 Å². The summed E-state index contributed by atoms with van der Waals surface area (Å²) in [5.74, 6) is -0.559. The molecule has 1 heterocycles. The Morgan fingerprint density at radius 3 is 2.39 bits per heavy atom. The molecular weight excluding hydrogens is 606 g/mol. The monoisotopic (exact) mass is 641 g/mol. The van der Waals surface area contributed by atoms with E-state index in [9.17, 15) is 14.4 Å². The van der Waals surface area contributed by atoms with E-state index in [1.165, 1.54) is 24.9 Å². The maximum Gasteiger partial charge on any atom is 0.351 e. The number of carbonyl (C=O) groups is 3. The van der Waals surface area contributed by atoms with Gasteiger partial charge in [-0.1, -0.05) is 61.7 Å². The predicted octanol–water partition coefficient (Wildman–Crippen LogP) is 7.93. The Morgan fingerprint density at radius 1 is 1.02 bits per heavy atom. The van der Waals surface area contributed by atoms with Gasteiger partial charge in [0.1, 0.15) is 5.60 Å². The topological polar surface area (TPSA) is 90.9 Å². The van der Waals surface area contributed by atoms with Crippen molar-refractivity contribution in [3.63, 3.8) is 0 Å². The van der Waals surface area contributed by atoms with Gasteiger partial charge in [-0.3, -0.25) is 4.79 Å². The second kappa shape index (κ2) is 13.7. The van der Waals surface area contributed by atoms with Gasteiger partial charge in [-0.25, -0.2) is 9.59 Å². The van der Waals surface area contributed by atoms with Crippen LogP contribution in [0.5, 0.6) is 5.75 Å². The Hall–Kier alpha value is -3.17. The van der Waals surface area contributed by atoms with E-state index < -0.39 is 17.5 Å². The maximum atomic E-state index is 13.7. The minimum Gasteiger partial charge on any atom is -0.479 e. The molecule has 1 unspecified atom stereocenters. The number of Topliss-reactive ketones (excluding diaryl/α,β-unsaturated/α-hetero) is 1. The van der Waals surface area contributed by atoms with Crippen LogP contribution in [-0.2, 0) is 14.3 Å². The summed E-state index contributed by atoms with van der Waals surface area (Å²) < 4.78 is 16.6. The first kappa shape index (κ1) is 30.8. The highest BCUT2D eigenvalue weighted by molar-refractivity contribution is 9.10. The molecule has 0 aliphatic heterocycles. The van der Waals surface area contributed by atoms with Crippen molar-refractivity contribution in [2.24, 2.45) is 5.92 Å². The molecule has 1 aromatic heterocycles. The van der Waals surface area contributed by atoms with Gasteiger partial charge in [0.25, 0.3) is 0 Å². The molecular formula is C32H36BrNO6S. The number of esters is 2. The van der Waals surface area contributed by atoms with Gasteiger partial charge in [0, 0.05) is 11.3 Å². The van der Waals surface area contributed by atoms with Gasteiger partial charge < -0.3 is 19.5 Å². The number of carbonyl (C=O) groups excluding carboxylic acids is 3. The molecule has 1 saturated carbocycles. The number of rotatable bonds is 10. The van der Waals surface area contributed by atoms with E-state index in [4.69, 9.17) is 14.2 Å². The largest absolute Gasteiger partial charge is 0.479 e. The SMILES string of the molecule is COC(=O)c1sc(-c2cccc(NC(C(=O)c3ccccc3)C3CCCCC3)c2)c(Br)c1OCC(=O)OC(C)(C)C. The highest BCUT2D eigenvalue weighted by Gasteiger charge is 2.31. The molecule has 4 rings (SSSR count). The molecule has 2 aromatic carbocycles. The molecule has 1 N–H and O–H groups in total. The summed E-state index contributed by atoms with van der Waals surface area (Å²) in [7, 11) is 1.30. The number of hydrogen-bond acceptors (Lipinski definition) is 8. The van der Waals surface area contributed by atoms with Crippen molar-refractivity contribution in [3.05, 3.63) is 69.5 Å². The molecule has 9 heteroatoms. The first-order valence-corrected chi connectivity index (χ1v) is 15.4. The van der Waals surface area contributed by atoms with Crippen LogP contribution in [0.1, 0.15) is 72.9 Å². The lowest BCUT2D eigenvalue weighted by Gasteiger charge is -2.31. The molecule has 0 spiro atoms. The third-order valence-electron chi connectivity index (χ3n) is 6.84. The van der Waals surface area contributed by atoms with Crippen LogP contribution in [0.4, 0.5) is 5.69 Å². The van der Waals surface area contributed by atoms with Crippen molar-refractivity contribution >= 4 is 50.7 Å². The number of nitrogens with one attached hydrogen (secondary N) is 1. The second-order valence-corrected chi connectivity index (χ2v) is 12.9. The summed E-state index contributed by atoms with van der Waals surface area (Å²) in [4.78, 5) is 39.5. The third kappa shape index (κ3) is 7.98. The Morgan fingerprint density at radius 2 is 1.73 bits per heavy atom. The van der Waals surface area contributed by atoms with Gasteiger partial charge in [-0.05, 0) is 73.2 Å². The Labute approximate surface area is 253 Å². The van der Waals surface area contributed by atoms with Gasteiger partial charge in [0.05, 0.1) is 22.5 Å². The lowest BCUT2D eigenvalue weighted by molar-refractivity contribution is -0.157. The Bertz CT molecular complexity index is 1370. The molecule has 218 valence electrons. The Kier molecular flexibility index (Phi) is 10.3. The van der Waals surface area contributed by atoms with Crippen LogP contribution >= 0.6 is 27.3 Å². The molecule has 1 aliphatic rings. The first-order chi connectivity index (χ1) is 19.6. The van der Waals surface area contributed by atoms with Crippen molar-refractivity contribution in [1.29, 1.82) is 0 Å². The number of thiophene rings is 1. The Balaban J connectivity index is 1.62. The zero-order valence-electron chi connectivity index (χ0n) is 23.8. The zero-order valence-corrected chi connectivity index (χ0v) is 26.2. The van der Waals surface area contributed by atoms with Gasteiger partial charge in [-0.2, -0.15) is 0 Å². The van der Waals surface area contributed by atoms with E-state index in [0.29, 0.717) is 10.0 Å². The summed E-state index contributed by atoms with van der Waals surface area (Å²) in [5.41, 5.74) is 1.66. The lowest BCUT2D eigenvalue weighted by Crippen LogP contribution is -2.38. The van der Waals surface area contributed by atoms with Crippen LogP contribution in [-0.4, -0.2) is 43.1 Å². The smallest absolute Gasteiger partial charge is 0.351 e. The molecule has 1 atom stereocenters. The highest BCUT2D eigenvalue weighted by Crippen LogP contribution is 2.46. The fraction of sp³-hybridized carbons (Fsp3) is 0.406. The van der Waals surface area contributed by atoms with E-state index in [0.717, 1.165) is 41.8 Å². The second-order valence-electron chi connectivity index (χ2n) is 11.1. The number of halogens is 1. The van der Waals surface area contributed by atoms with Crippen molar-refractivity contribution in [1.82, 2.24) is 0 Å². The molecule has 1 fully saturated rings. The molecule has 41 heavy (non-hydrogen) atoms. The van der Waals surface area contributed by atoms with Crippen LogP contribution < -0.4 is 10.1 Å². The van der Waals surface area contributed by atoms with Gasteiger partial charge in [-0.15, -0.1) is 11.3 Å². The van der Waals surface area contributed by atoms with Crippen LogP contribution in [0.3, 0.4) is 0 Å². The molecule has 0 saturated heterocycles. The molecule has 3 aromatic rings. The molecule has 0 bridgehead atoms. The van der Waals surface area contributed by atoms with Crippen LogP contribution in [0.2, 0.25) is 0 Å². The van der Waals surface area contributed by atoms with Crippen LogP contribution in [0.25, 0.3) is 10.4 Å². The minimum absolute atomic E-state index is 0.0889. The fourth-order valence-corrected chi connectivity index (χ4v) is 6.98. The highest BCUT2D eigenvalue weighted by atomic mass is 79.9. The molecule has 0 radical (unpaired) electrons. The van der Waals surface area contributed by atoms with Gasteiger partial charge in [0.2, 0.25) is 0 Å². The minimum atomic E-state index is -0.659. The lowest BCUT2D eigenvalue weighted by atomic mass is 9.81. The summed E-state index contributed by atoms with van der Waals surface area (Å²) in [6, 6.07) is 16.8. The number of hydrogen-bond donors (Lipinski definition) is 1.